The van der Waals surface area contributed by atoms with Gasteiger partial charge in [0.2, 0.25) is 5.91 Å². The van der Waals surface area contributed by atoms with Gasteiger partial charge in [-0.3, -0.25) is 14.4 Å². The number of hydrogen-bond acceptors (Lipinski definition) is 3. The molecule has 1 aromatic heterocycles. The molecule has 5 nitrogen and oxygen atoms in total. The van der Waals surface area contributed by atoms with E-state index < -0.39 is 0 Å². The number of aryl methyl sites for hydroxylation is 2. The van der Waals surface area contributed by atoms with E-state index in [4.69, 9.17) is 11.6 Å². The Bertz CT molecular complexity index is 638. The van der Waals surface area contributed by atoms with Gasteiger partial charge < -0.3 is 5.32 Å². The van der Waals surface area contributed by atoms with Crippen LogP contribution in [0.4, 0.5) is 5.82 Å². The third kappa shape index (κ3) is 4.58. The summed E-state index contributed by atoms with van der Waals surface area (Å²) in [4.78, 5) is 14.0. The molecule has 1 N–H and O–H groups in total. The first-order chi connectivity index (χ1) is 9.94. The molecule has 2 rings (SSSR count). The summed E-state index contributed by atoms with van der Waals surface area (Å²) in [5, 5.41) is 7.75. The van der Waals surface area contributed by atoms with Crippen molar-refractivity contribution in [2.24, 2.45) is 7.05 Å². The number of likely N-dealkylation sites (N-methyl/N-ethyl adjacent to an activating group) is 1. The fourth-order valence-corrected chi connectivity index (χ4v) is 2.37. The average Bonchev–Trinajstić information content (AvgIpc) is 2.67. The van der Waals surface area contributed by atoms with Crippen LogP contribution in [0.3, 0.4) is 0 Å². The zero-order chi connectivity index (χ0) is 15.4. The Morgan fingerprint density at radius 1 is 1.43 bits per heavy atom. The molecule has 0 aliphatic carbocycles. The van der Waals surface area contributed by atoms with Gasteiger partial charge in [-0.25, -0.2) is 0 Å². The minimum absolute atomic E-state index is 0.0671. The normalized spacial score (nSPS) is 10.9. The monoisotopic (exact) mass is 306 g/mol. The van der Waals surface area contributed by atoms with E-state index in [1.54, 1.807) is 11.7 Å². The van der Waals surface area contributed by atoms with Crippen molar-refractivity contribution in [3.63, 3.8) is 0 Å². The SMILES string of the molecule is Cc1cc(NC(=O)CN(C)Cc2cccc(Cl)c2)n(C)n1. The van der Waals surface area contributed by atoms with Crippen molar-refractivity contribution < 1.29 is 4.79 Å². The molecule has 0 unspecified atom stereocenters. The zero-order valence-corrected chi connectivity index (χ0v) is 13.2. The van der Waals surface area contributed by atoms with E-state index in [-0.39, 0.29) is 5.91 Å². The van der Waals surface area contributed by atoms with E-state index in [1.807, 2.05) is 49.2 Å². The first-order valence-electron chi connectivity index (χ1n) is 6.67. The highest BCUT2D eigenvalue weighted by atomic mass is 35.5. The second-order valence-corrected chi connectivity index (χ2v) is 5.58. The second kappa shape index (κ2) is 6.74. The van der Waals surface area contributed by atoms with Gasteiger partial charge in [0.25, 0.3) is 0 Å². The molecule has 1 amide bonds. The number of aromatic nitrogens is 2. The predicted octanol–water partition coefficient (Wildman–Crippen LogP) is 2.45. The Kier molecular flexibility index (Phi) is 4.98. The Hall–Kier alpha value is -1.85. The molecule has 21 heavy (non-hydrogen) atoms. The number of benzene rings is 1. The molecule has 0 atom stereocenters. The Labute approximate surface area is 129 Å². The number of carbonyl (C=O) groups excluding carboxylic acids is 1. The van der Waals surface area contributed by atoms with Gasteiger partial charge in [-0.2, -0.15) is 5.10 Å². The number of hydrogen-bond donors (Lipinski definition) is 1. The minimum atomic E-state index is -0.0671. The molecule has 1 aromatic carbocycles. The number of carbonyl (C=O) groups is 1. The van der Waals surface area contributed by atoms with Gasteiger partial charge in [0.05, 0.1) is 12.2 Å². The number of rotatable bonds is 5. The van der Waals surface area contributed by atoms with Crippen molar-refractivity contribution in [3.8, 4) is 0 Å². The van der Waals surface area contributed by atoms with Gasteiger partial charge in [0.15, 0.2) is 0 Å². The van der Waals surface area contributed by atoms with Crippen LogP contribution in [-0.4, -0.2) is 34.2 Å². The highest BCUT2D eigenvalue weighted by molar-refractivity contribution is 6.30. The lowest BCUT2D eigenvalue weighted by Crippen LogP contribution is -2.30. The van der Waals surface area contributed by atoms with Crippen LogP contribution in [0.1, 0.15) is 11.3 Å². The third-order valence-electron chi connectivity index (χ3n) is 3.02. The summed E-state index contributed by atoms with van der Waals surface area (Å²) in [7, 11) is 3.70. The molecule has 0 spiro atoms. The summed E-state index contributed by atoms with van der Waals surface area (Å²) in [5.74, 6) is 0.635. The van der Waals surface area contributed by atoms with Crippen LogP contribution >= 0.6 is 11.6 Å². The molecule has 0 fully saturated rings. The number of halogens is 1. The first kappa shape index (κ1) is 15.5. The Balaban J connectivity index is 1.89. The standard InChI is InChI=1S/C15H19ClN4O/c1-11-7-14(20(3)18-11)17-15(21)10-19(2)9-12-5-4-6-13(16)8-12/h4-8H,9-10H2,1-3H3,(H,17,21). The van der Waals surface area contributed by atoms with Crippen molar-refractivity contribution in [1.82, 2.24) is 14.7 Å². The molecular formula is C15H19ClN4O. The van der Waals surface area contributed by atoms with Gasteiger partial charge in [0.1, 0.15) is 5.82 Å². The highest BCUT2D eigenvalue weighted by Crippen LogP contribution is 2.12. The van der Waals surface area contributed by atoms with E-state index >= 15 is 0 Å². The number of nitrogens with zero attached hydrogens (tertiary/aromatic N) is 3. The van der Waals surface area contributed by atoms with Crippen LogP contribution < -0.4 is 5.32 Å². The second-order valence-electron chi connectivity index (χ2n) is 5.14. The Morgan fingerprint density at radius 2 is 2.19 bits per heavy atom. The number of nitrogens with one attached hydrogen (secondary N) is 1. The van der Waals surface area contributed by atoms with Crippen LogP contribution in [0.15, 0.2) is 30.3 Å². The lowest BCUT2D eigenvalue weighted by molar-refractivity contribution is -0.117. The molecule has 6 heteroatoms. The first-order valence-corrected chi connectivity index (χ1v) is 7.05. The van der Waals surface area contributed by atoms with E-state index in [0.717, 1.165) is 11.3 Å². The van der Waals surface area contributed by atoms with Gasteiger partial charge in [-0.05, 0) is 31.7 Å². The lowest BCUT2D eigenvalue weighted by atomic mass is 10.2. The zero-order valence-electron chi connectivity index (χ0n) is 12.4. The number of amides is 1. The fourth-order valence-electron chi connectivity index (χ4n) is 2.16. The third-order valence-corrected chi connectivity index (χ3v) is 3.26. The molecule has 0 radical (unpaired) electrons. The van der Waals surface area contributed by atoms with Gasteiger partial charge in [-0.15, -0.1) is 0 Å². The lowest BCUT2D eigenvalue weighted by Gasteiger charge is -2.16. The van der Waals surface area contributed by atoms with Crippen LogP contribution in [0, 0.1) is 6.92 Å². The number of anilines is 1. The highest BCUT2D eigenvalue weighted by Gasteiger charge is 2.10. The van der Waals surface area contributed by atoms with Crippen molar-refractivity contribution in [2.75, 3.05) is 18.9 Å². The van der Waals surface area contributed by atoms with Crippen molar-refractivity contribution in [3.05, 3.63) is 46.6 Å². The summed E-state index contributed by atoms with van der Waals surface area (Å²) in [5.41, 5.74) is 1.95. The van der Waals surface area contributed by atoms with Crippen LogP contribution in [0.25, 0.3) is 0 Å². The van der Waals surface area contributed by atoms with Crippen molar-refractivity contribution in [2.45, 2.75) is 13.5 Å². The van der Waals surface area contributed by atoms with Crippen molar-refractivity contribution >= 4 is 23.3 Å². The summed E-state index contributed by atoms with van der Waals surface area (Å²) < 4.78 is 1.66. The topological polar surface area (TPSA) is 50.2 Å². The molecular weight excluding hydrogens is 288 g/mol. The minimum Gasteiger partial charge on any atom is -0.310 e. The van der Waals surface area contributed by atoms with Gasteiger partial charge in [0, 0.05) is 24.7 Å². The molecule has 1 heterocycles. The summed E-state index contributed by atoms with van der Waals surface area (Å²) in [6.45, 7) is 2.86. The smallest absolute Gasteiger partial charge is 0.239 e. The van der Waals surface area contributed by atoms with E-state index in [2.05, 4.69) is 10.4 Å². The molecule has 0 aliphatic rings. The predicted molar refractivity (Wildman–Crippen MR) is 84.4 cm³/mol. The van der Waals surface area contributed by atoms with E-state index in [1.165, 1.54) is 0 Å². The Morgan fingerprint density at radius 3 is 2.81 bits per heavy atom. The maximum atomic E-state index is 12.0. The van der Waals surface area contributed by atoms with Crippen LogP contribution in [-0.2, 0) is 18.4 Å². The average molecular weight is 307 g/mol. The van der Waals surface area contributed by atoms with Crippen LogP contribution in [0.2, 0.25) is 5.02 Å². The van der Waals surface area contributed by atoms with Gasteiger partial charge in [-0.1, -0.05) is 23.7 Å². The molecule has 112 valence electrons. The summed E-state index contributed by atoms with van der Waals surface area (Å²) >= 11 is 5.95. The van der Waals surface area contributed by atoms with E-state index in [9.17, 15) is 4.79 Å². The van der Waals surface area contributed by atoms with Gasteiger partial charge >= 0.3 is 0 Å². The maximum absolute atomic E-state index is 12.0. The summed E-state index contributed by atoms with van der Waals surface area (Å²) in [6.07, 6.45) is 0. The molecule has 0 saturated carbocycles. The molecule has 0 bridgehead atoms. The molecule has 2 aromatic rings. The van der Waals surface area contributed by atoms with E-state index in [0.29, 0.717) is 23.9 Å². The quantitative estimate of drug-likeness (QED) is 0.923. The maximum Gasteiger partial charge on any atom is 0.239 e. The largest absolute Gasteiger partial charge is 0.310 e. The molecule has 0 saturated heterocycles. The molecule has 0 aliphatic heterocycles. The fraction of sp³-hybridized carbons (Fsp3) is 0.333. The van der Waals surface area contributed by atoms with Crippen molar-refractivity contribution in [1.29, 1.82) is 0 Å². The van der Waals surface area contributed by atoms with Crippen LogP contribution in [0.5, 0.6) is 0 Å². The summed E-state index contributed by atoms with van der Waals surface area (Å²) in [6, 6.07) is 9.48.